The summed E-state index contributed by atoms with van der Waals surface area (Å²) >= 11 is 0. The van der Waals surface area contributed by atoms with Crippen LogP contribution in [0.15, 0.2) is 42.6 Å². The van der Waals surface area contributed by atoms with Gasteiger partial charge in [-0.15, -0.1) is 0 Å². The van der Waals surface area contributed by atoms with Gasteiger partial charge in [0.05, 0.1) is 0 Å². The number of piperazine rings is 1. The molecule has 0 saturated carbocycles. The number of aromatic nitrogens is 2. The number of carbonyl (C=O) groups excluding carboxylic acids is 1. The van der Waals surface area contributed by atoms with E-state index < -0.39 is 0 Å². The van der Waals surface area contributed by atoms with E-state index in [1.807, 2.05) is 47.5 Å². The molecule has 3 rings (SSSR count). The first kappa shape index (κ1) is 19.3. The third-order valence-electron chi connectivity index (χ3n) is 5.59. The molecule has 5 heteroatoms. The topological polar surface area (TPSA) is 49.3 Å². The molecule has 1 fully saturated rings. The molecule has 2 heterocycles. The highest BCUT2D eigenvalue weighted by Crippen LogP contribution is 2.29. The lowest BCUT2D eigenvalue weighted by Crippen LogP contribution is -2.49. The maximum absolute atomic E-state index is 12.6. The maximum Gasteiger partial charge on any atom is 0.222 e. The summed E-state index contributed by atoms with van der Waals surface area (Å²) in [6.45, 7) is 11.9. The minimum Gasteiger partial charge on any atom is -0.353 e. The number of carbonyl (C=O) groups is 1. The molecular formula is C22H30N4O. The standard InChI is InChI=1S/C22H30N4O/c1-17(22(2,3)4)16-20(27)26-14-12-25(13-15-26)19-10-11-23-21(24-19)18-8-6-5-7-9-18/h5-11,17H,12-16H2,1-4H3. The second-order valence-corrected chi connectivity index (χ2v) is 8.44. The van der Waals surface area contributed by atoms with E-state index in [2.05, 4.69) is 37.6 Å². The van der Waals surface area contributed by atoms with Crippen molar-refractivity contribution in [3.8, 4) is 11.4 Å². The minimum atomic E-state index is 0.159. The van der Waals surface area contributed by atoms with Gasteiger partial charge < -0.3 is 9.80 Å². The van der Waals surface area contributed by atoms with Crippen molar-refractivity contribution in [1.82, 2.24) is 14.9 Å². The van der Waals surface area contributed by atoms with Crippen molar-refractivity contribution in [2.45, 2.75) is 34.1 Å². The molecule has 1 saturated heterocycles. The summed E-state index contributed by atoms with van der Waals surface area (Å²) in [5.74, 6) is 2.31. The summed E-state index contributed by atoms with van der Waals surface area (Å²) in [7, 11) is 0. The van der Waals surface area contributed by atoms with Gasteiger partial charge in [0.15, 0.2) is 5.82 Å². The third kappa shape index (κ3) is 4.85. The Bertz CT molecular complexity index is 761. The molecule has 1 unspecified atom stereocenters. The zero-order chi connectivity index (χ0) is 19.4. The summed E-state index contributed by atoms with van der Waals surface area (Å²) in [5.41, 5.74) is 1.18. The number of hydrogen-bond donors (Lipinski definition) is 0. The largest absolute Gasteiger partial charge is 0.353 e. The Morgan fingerprint density at radius 1 is 1.07 bits per heavy atom. The van der Waals surface area contributed by atoms with E-state index in [-0.39, 0.29) is 11.3 Å². The van der Waals surface area contributed by atoms with E-state index in [0.29, 0.717) is 12.3 Å². The number of rotatable bonds is 4. The first-order valence-electron chi connectivity index (χ1n) is 9.76. The molecule has 1 aliphatic heterocycles. The highest BCUT2D eigenvalue weighted by atomic mass is 16.2. The van der Waals surface area contributed by atoms with Gasteiger partial charge in [0.2, 0.25) is 5.91 Å². The van der Waals surface area contributed by atoms with Crippen LogP contribution in [0.4, 0.5) is 5.82 Å². The quantitative estimate of drug-likeness (QED) is 0.824. The van der Waals surface area contributed by atoms with Crippen molar-refractivity contribution in [1.29, 1.82) is 0 Å². The van der Waals surface area contributed by atoms with E-state index in [4.69, 9.17) is 4.98 Å². The van der Waals surface area contributed by atoms with E-state index in [1.54, 1.807) is 0 Å². The molecule has 1 amide bonds. The highest BCUT2D eigenvalue weighted by molar-refractivity contribution is 5.76. The van der Waals surface area contributed by atoms with Crippen LogP contribution in [0, 0.1) is 11.3 Å². The van der Waals surface area contributed by atoms with Gasteiger partial charge in [-0.3, -0.25) is 4.79 Å². The average Bonchev–Trinajstić information content (AvgIpc) is 2.68. The predicted molar refractivity (Wildman–Crippen MR) is 109 cm³/mol. The monoisotopic (exact) mass is 366 g/mol. The van der Waals surface area contributed by atoms with Crippen molar-refractivity contribution in [2.24, 2.45) is 11.3 Å². The summed E-state index contributed by atoms with van der Waals surface area (Å²) in [6, 6.07) is 12.0. The van der Waals surface area contributed by atoms with Crippen LogP contribution in [-0.4, -0.2) is 47.0 Å². The van der Waals surface area contributed by atoms with Crippen LogP contribution >= 0.6 is 0 Å². The summed E-state index contributed by atoms with van der Waals surface area (Å²) in [6.07, 6.45) is 2.43. The van der Waals surface area contributed by atoms with Crippen LogP contribution in [0.25, 0.3) is 11.4 Å². The Balaban J connectivity index is 1.60. The van der Waals surface area contributed by atoms with Gasteiger partial charge in [0.25, 0.3) is 0 Å². The van der Waals surface area contributed by atoms with Crippen molar-refractivity contribution in [2.75, 3.05) is 31.1 Å². The van der Waals surface area contributed by atoms with Crippen LogP contribution in [-0.2, 0) is 4.79 Å². The second-order valence-electron chi connectivity index (χ2n) is 8.44. The Kier molecular flexibility index (Phi) is 5.78. The van der Waals surface area contributed by atoms with Crippen molar-refractivity contribution < 1.29 is 4.79 Å². The molecule has 2 aromatic rings. The Morgan fingerprint density at radius 3 is 2.37 bits per heavy atom. The van der Waals surface area contributed by atoms with Crippen LogP contribution in [0.2, 0.25) is 0 Å². The molecule has 1 aromatic heterocycles. The van der Waals surface area contributed by atoms with Gasteiger partial charge in [-0.25, -0.2) is 9.97 Å². The molecular weight excluding hydrogens is 336 g/mol. The molecule has 0 aliphatic carbocycles. The molecule has 144 valence electrons. The van der Waals surface area contributed by atoms with Crippen LogP contribution in [0.1, 0.15) is 34.1 Å². The first-order chi connectivity index (χ1) is 12.8. The van der Waals surface area contributed by atoms with E-state index >= 15 is 0 Å². The molecule has 0 bridgehead atoms. The molecule has 5 nitrogen and oxygen atoms in total. The van der Waals surface area contributed by atoms with Gasteiger partial charge in [0, 0.05) is 44.4 Å². The van der Waals surface area contributed by atoms with Crippen molar-refractivity contribution in [3.05, 3.63) is 42.6 Å². The summed E-state index contributed by atoms with van der Waals surface area (Å²) in [4.78, 5) is 26.0. The zero-order valence-corrected chi connectivity index (χ0v) is 16.9. The van der Waals surface area contributed by atoms with Gasteiger partial charge in [-0.2, -0.15) is 0 Å². The zero-order valence-electron chi connectivity index (χ0n) is 16.9. The molecule has 1 atom stereocenters. The second kappa shape index (κ2) is 8.07. The number of amides is 1. The SMILES string of the molecule is CC(CC(=O)N1CCN(c2ccnc(-c3ccccc3)n2)CC1)C(C)(C)C. The minimum absolute atomic E-state index is 0.159. The Labute approximate surface area is 162 Å². The number of benzene rings is 1. The lowest BCUT2D eigenvalue weighted by molar-refractivity contribution is -0.133. The molecule has 0 spiro atoms. The van der Waals surface area contributed by atoms with Gasteiger partial charge in [0.1, 0.15) is 5.82 Å². The Morgan fingerprint density at radius 2 is 1.74 bits per heavy atom. The third-order valence-corrected chi connectivity index (χ3v) is 5.59. The van der Waals surface area contributed by atoms with E-state index in [1.165, 1.54) is 0 Å². The Hall–Kier alpha value is -2.43. The number of hydrogen-bond acceptors (Lipinski definition) is 4. The molecule has 1 aliphatic rings. The number of nitrogens with zero attached hydrogens (tertiary/aromatic N) is 4. The van der Waals surface area contributed by atoms with E-state index in [9.17, 15) is 4.79 Å². The van der Waals surface area contributed by atoms with Gasteiger partial charge in [-0.05, 0) is 17.4 Å². The van der Waals surface area contributed by atoms with Crippen LogP contribution in [0.3, 0.4) is 0 Å². The molecule has 0 N–H and O–H groups in total. The van der Waals surface area contributed by atoms with Gasteiger partial charge in [-0.1, -0.05) is 58.0 Å². The fraction of sp³-hybridized carbons (Fsp3) is 0.500. The molecule has 0 radical (unpaired) electrons. The van der Waals surface area contributed by atoms with E-state index in [0.717, 1.165) is 43.4 Å². The molecule has 27 heavy (non-hydrogen) atoms. The van der Waals surface area contributed by atoms with Crippen molar-refractivity contribution >= 4 is 11.7 Å². The molecule has 1 aromatic carbocycles. The summed E-state index contributed by atoms with van der Waals surface area (Å²) < 4.78 is 0. The fourth-order valence-electron chi connectivity index (χ4n) is 3.13. The van der Waals surface area contributed by atoms with Crippen LogP contribution in [0.5, 0.6) is 0 Å². The number of anilines is 1. The lowest BCUT2D eigenvalue weighted by Gasteiger charge is -2.37. The fourth-order valence-corrected chi connectivity index (χ4v) is 3.13. The summed E-state index contributed by atoms with van der Waals surface area (Å²) in [5, 5.41) is 0. The lowest BCUT2D eigenvalue weighted by atomic mass is 9.80. The van der Waals surface area contributed by atoms with Gasteiger partial charge >= 0.3 is 0 Å². The average molecular weight is 367 g/mol. The maximum atomic E-state index is 12.6. The van der Waals surface area contributed by atoms with Crippen molar-refractivity contribution in [3.63, 3.8) is 0 Å². The highest BCUT2D eigenvalue weighted by Gasteiger charge is 2.27. The van der Waals surface area contributed by atoms with Crippen LogP contribution < -0.4 is 4.90 Å². The first-order valence-corrected chi connectivity index (χ1v) is 9.76. The normalized spacial score (nSPS) is 16.3. The predicted octanol–water partition coefficient (Wildman–Crippen LogP) is 3.86. The smallest absolute Gasteiger partial charge is 0.222 e.